The first-order valence-corrected chi connectivity index (χ1v) is 17.9. The van der Waals surface area contributed by atoms with Gasteiger partial charge in [-0.2, -0.15) is 5.26 Å². The molecular weight excluding hydrogens is 663 g/mol. The zero-order valence-corrected chi connectivity index (χ0v) is 29.9. The molecular formula is C41H35BFeN3P2. The van der Waals surface area contributed by atoms with Crippen molar-refractivity contribution in [2.75, 3.05) is 0 Å². The molecule has 0 fully saturated rings. The van der Waals surface area contributed by atoms with Crippen LogP contribution in [0.15, 0.2) is 158 Å². The minimum absolute atomic E-state index is 0. The van der Waals surface area contributed by atoms with Gasteiger partial charge in [0.1, 0.15) is 0 Å². The summed E-state index contributed by atoms with van der Waals surface area (Å²) in [4.78, 5) is 0. The van der Waals surface area contributed by atoms with E-state index in [0.29, 0.717) is 0 Å². The number of hydrogen-bond acceptors (Lipinski definition) is 1. The standard InChI is InChI=1S/C37H28NP2.C2H4N.C2H3N.B.Fe/c1-5-17-30(18-6-1)39(31-19-7-2-8-20-31)34-25-13-15-28-27-29-16-14-26-35(37(29)38-36(28)34)40(32-21-9-3-10-22-32)33-23-11-4-12-24-33;2*1-2-3;;/h1-26H,27H2;2H,1H3;1H3;;/q2*-1;;;+2. The molecule has 0 atom stereocenters. The van der Waals surface area contributed by atoms with Crippen LogP contribution >= 0.6 is 15.8 Å². The predicted octanol–water partition coefficient (Wildman–Crippen LogP) is 8.24. The summed E-state index contributed by atoms with van der Waals surface area (Å²) in [6.45, 7) is 2.99. The quantitative estimate of drug-likeness (QED) is 0.0981. The summed E-state index contributed by atoms with van der Waals surface area (Å²) >= 11 is 0. The number of nitrogens with zero attached hydrogens (tertiary/aromatic N) is 3. The molecule has 3 nitrogen and oxygen atoms in total. The van der Waals surface area contributed by atoms with Crippen molar-refractivity contribution in [2.24, 2.45) is 0 Å². The van der Waals surface area contributed by atoms with Crippen molar-refractivity contribution in [2.45, 2.75) is 20.3 Å². The van der Waals surface area contributed by atoms with Crippen LogP contribution in [-0.4, -0.2) is 14.6 Å². The van der Waals surface area contributed by atoms with E-state index in [4.69, 9.17) is 16.0 Å². The van der Waals surface area contributed by atoms with Gasteiger partial charge in [0.25, 0.3) is 0 Å². The van der Waals surface area contributed by atoms with Crippen molar-refractivity contribution in [3.63, 3.8) is 0 Å². The van der Waals surface area contributed by atoms with Crippen LogP contribution in [0.2, 0.25) is 0 Å². The van der Waals surface area contributed by atoms with E-state index in [1.165, 1.54) is 49.9 Å². The van der Waals surface area contributed by atoms with Crippen molar-refractivity contribution in [3.05, 3.63) is 180 Å². The molecule has 0 amide bonds. The van der Waals surface area contributed by atoms with E-state index in [9.17, 15) is 0 Å². The fourth-order valence-corrected chi connectivity index (χ4v) is 10.4. The zero-order valence-electron chi connectivity index (χ0n) is 27.0. The Hall–Kier alpha value is -4.28. The second kappa shape index (κ2) is 19.5. The normalized spacial score (nSPS) is 10.5. The van der Waals surface area contributed by atoms with Gasteiger partial charge in [-0.1, -0.05) is 176 Å². The number of hydrogen-bond donors (Lipinski definition) is 0. The number of rotatable bonds is 6. The Bertz CT molecular complexity index is 1690. The van der Waals surface area contributed by atoms with Crippen LogP contribution in [0.3, 0.4) is 0 Å². The third kappa shape index (κ3) is 8.99. The number of fused-ring (bicyclic) bond motifs is 2. The summed E-state index contributed by atoms with van der Waals surface area (Å²) in [7, 11) is -1.50. The maximum Gasteiger partial charge on any atom is 2.00 e. The third-order valence-electron chi connectivity index (χ3n) is 7.34. The summed E-state index contributed by atoms with van der Waals surface area (Å²) in [5, 5.41) is 28.4. The summed E-state index contributed by atoms with van der Waals surface area (Å²) < 4.78 is 0. The first-order chi connectivity index (χ1) is 22.7. The molecule has 7 heteroatoms. The molecule has 1 heterocycles. The maximum atomic E-state index is 7.44. The van der Waals surface area contributed by atoms with Gasteiger partial charge in [0.05, 0.1) is 6.07 Å². The fraction of sp³-hybridized carbons (Fsp3) is 0.0732. The monoisotopic (exact) mass is 698 g/mol. The molecule has 48 heavy (non-hydrogen) atoms. The summed E-state index contributed by atoms with van der Waals surface area (Å²) in [6.07, 6.45) is 1.90. The molecule has 7 rings (SSSR count). The van der Waals surface area contributed by atoms with Crippen molar-refractivity contribution in [1.82, 2.24) is 0 Å². The van der Waals surface area contributed by atoms with Gasteiger partial charge in [0.15, 0.2) is 0 Å². The molecule has 3 radical (unpaired) electrons. The van der Waals surface area contributed by atoms with Crippen LogP contribution in [-0.2, 0) is 23.5 Å². The first-order valence-electron chi connectivity index (χ1n) is 15.2. The van der Waals surface area contributed by atoms with Crippen LogP contribution in [0.4, 0.5) is 11.4 Å². The molecule has 0 aliphatic carbocycles. The maximum absolute atomic E-state index is 7.44. The molecule has 0 saturated carbocycles. The molecule has 6 aromatic carbocycles. The van der Waals surface area contributed by atoms with Gasteiger partial charge in [-0.3, -0.25) is 0 Å². The van der Waals surface area contributed by atoms with Gasteiger partial charge < -0.3 is 10.7 Å². The Morgan fingerprint density at radius 3 is 1.10 bits per heavy atom. The minimum atomic E-state index is -0.751. The van der Waals surface area contributed by atoms with E-state index in [0.717, 1.165) is 24.0 Å². The largest absolute Gasteiger partial charge is 2.00 e. The summed E-state index contributed by atoms with van der Waals surface area (Å²) in [5.41, 5.74) is 4.92. The molecule has 0 N–H and O–H groups in total. The molecule has 0 bridgehead atoms. The van der Waals surface area contributed by atoms with Gasteiger partial charge in [0, 0.05) is 15.3 Å². The first kappa shape index (κ1) is 38.2. The van der Waals surface area contributed by atoms with E-state index < -0.39 is 15.8 Å². The van der Waals surface area contributed by atoms with Gasteiger partial charge in [-0.05, 0) is 54.1 Å². The summed E-state index contributed by atoms with van der Waals surface area (Å²) in [6, 6.07) is 59.1. The topological polar surface area (TPSA) is 60.2 Å². The number of benzene rings is 6. The number of nitriles is 1. The second-order valence-corrected chi connectivity index (χ2v) is 14.7. The van der Waals surface area contributed by atoms with Crippen LogP contribution in [0, 0.1) is 11.3 Å². The van der Waals surface area contributed by atoms with Crippen LogP contribution in [0.25, 0.3) is 10.7 Å². The Balaban J connectivity index is 0.000000730. The molecule has 1 aliphatic rings. The zero-order chi connectivity index (χ0) is 32.1. The smallest absolute Gasteiger partial charge is 0.814 e. The third-order valence-corrected chi connectivity index (χ3v) is 12.3. The molecule has 0 spiro atoms. The average Bonchev–Trinajstić information content (AvgIpc) is 3.11. The van der Waals surface area contributed by atoms with Crippen molar-refractivity contribution >= 4 is 73.7 Å². The van der Waals surface area contributed by atoms with Crippen molar-refractivity contribution in [3.8, 4) is 6.07 Å². The summed E-state index contributed by atoms with van der Waals surface area (Å²) in [5.74, 6) is 0. The van der Waals surface area contributed by atoms with Gasteiger partial charge in [-0.15, -0.1) is 11.4 Å². The van der Waals surface area contributed by atoms with E-state index in [2.05, 4.69) is 158 Å². The van der Waals surface area contributed by atoms with E-state index in [1.54, 1.807) is 13.0 Å². The predicted molar refractivity (Wildman–Crippen MR) is 208 cm³/mol. The Labute approximate surface area is 300 Å². The average molecular weight is 698 g/mol. The SMILES string of the molecule is CC#N.CC=[N-].[B].[Fe+2].c1ccc(P(c2ccccc2)c2cccc3c2[N-]c2c(cccc2P(c2ccccc2)c2ccccc2)C3)cc1. The van der Waals surface area contributed by atoms with Crippen molar-refractivity contribution in [1.29, 1.82) is 5.26 Å². The molecule has 0 aromatic heterocycles. The van der Waals surface area contributed by atoms with Crippen LogP contribution in [0.5, 0.6) is 0 Å². The molecule has 6 aromatic rings. The van der Waals surface area contributed by atoms with Gasteiger partial charge in [-0.25, -0.2) is 6.21 Å². The molecule has 0 saturated heterocycles. The Morgan fingerprint density at radius 1 is 0.562 bits per heavy atom. The fourth-order valence-electron chi connectivity index (χ4n) is 5.54. The second-order valence-electron chi connectivity index (χ2n) is 10.4. The van der Waals surface area contributed by atoms with Crippen LogP contribution < -0.4 is 31.8 Å². The van der Waals surface area contributed by atoms with Gasteiger partial charge >= 0.3 is 17.1 Å². The van der Waals surface area contributed by atoms with E-state index in [1.807, 2.05) is 0 Å². The van der Waals surface area contributed by atoms with Gasteiger partial charge in [0.2, 0.25) is 0 Å². The Morgan fingerprint density at radius 2 is 0.833 bits per heavy atom. The minimum Gasteiger partial charge on any atom is -0.814 e. The Kier molecular flexibility index (Phi) is 15.5. The van der Waals surface area contributed by atoms with Crippen LogP contribution in [0.1, 0.15) is 25.0 Å². The number of para-hydroxylation sites is 2. The van der Waals surface area contributed by atoms with E-state index >= 15 is 0 Å². The van der Waals surface area contributed by atoms with Crippen molar-refractivity contribution < 1.29 is 17.1 Å². The molecule has 235 valence electrons. The molecule has 0 unspecified atom stereocenters. The van der Waals surface area contributed by atoms with E-state index in [-0.39, 0.29) is 25.5 Å². The molecule has 1 aliphatic heterocycles.